The quantitative estimate of drug-likeness (QED) is 0.233. The fourth-order valence-electron chi connectivity index (χ4n) is 3.95. The van der Waals surface area contributed by atoms with Gasteiger partial charge < -0.3 is 10.3 Å². The first-order valence-corrected chi connectivity index (χ1v) is 10.2. The molecule has 2 aliphatic rings. The Kier molecular flexibility index (Phi) is 5.71. The molecule has 28 heavy (non-hydrogen) atoms. The van der Waals surface area contributed by atoms with Gasteiger partial charge in [-0.1, -0.05) is 30.4 Å². The van der Waals surface area contributed by atoms with Crippen molar-refractivity contribution in [1.82, 2.24) is 4.98 Å². The third kappa shape index (κ3) is 3.68. The summed E-state index contributed by atoms with van der Waals surface area (Å²) < 4.78 is 0. The van der Waals surface area contributed by atoms with Crippen molar-refractivity contribution in [3.05, 3.63) is 52.3 Å². The molecule has 0 unspecified atom stereocenters. The molecule has 5 nitrogen and oxygen atoms in total. The normalized spacial score (nSPS) is 17.0. The summed E-state index contributed by atoms with van der Waals surface area (Å²) in [7, 11) is 0. The predicted octanol–water partition coefficient (Wildman–Crippen LogP) is 4.73. The molecular weight excluding hydrogens is 372 g/mol. The van der Waals surface area contributed by atoms with Crippen LogP contribution in [0.1, 0.15) is 59.1 Å². The topological polar surface area (TPSA) is 63.4 Å². The van der Waals surface area contributed by atoms with Gasteiger partial charge in [0.1, 0.15) is 4.99 Å². The number of para-hydroxylation sites is 1. The highest BCUT2D eigenvalue weighted by Gasteiger charge is 2.27. The molecule has 0 atom stereocenters. The average molecular weight is 397 g/mol. The van der Waals surface area contributed by atoms with Crippen LogP contribution in [-0.4, -0.2) is 29.0 Å². The molecule has 0 amide bonds. The Hall–Kier alpha value is -2.28. The summed E-state index contributed by atoms with van der Waals surface area (Å²) in [4.78, 5) is 27.0. The second kappa shape index (κ2) is 8.39. The summed E-state index contributed by atoms with van der Waals surface area (Å²) >= 11 is 5.56. The van der Waals surface area contributed by atoms with Crippen LogP contribution in [0.3, 0.4) is 0 Å². The van der Waals surface area contributed by atoms with Crippen LogP contribution in [-0.2, 0) is 22.6 Å². The molecule has 0 bridgehead atoms. The molecule has 1 aromatic heterocycles. The Bertz CT molecular complexity index is 945. The highest BCUT2D eigenvalue weighted by atomic mass is 32.1. The van der Waals surface area contributed by atoms with E-state index in [2.05, 4.69) is 22.4 Å². The van der Waals surface area contributed by atoms with Crippen LogP contribution in [0.25, 0.3) is 11.6 Å². The zero-order valence-electron chi connectivity index (χ0n) is 16.0. The second-order valence-electron chi connectivity index (χ2n) is 7.04. The number of thiocarbonyl (C=S) groups is 1. The van der Waals surface area contributed by atoms with Crippen LogP contribution >= 0.6 is 12.2 Å². The third-order valence-corrected chi connectivity index (χ3v) is 5.50. The Morgan fingerprint density at radius 2 is 2.07 bits per heavy atom. The SMILES string of the molecule is CCOOCCCc1c(C=C2C(=S)Nc3ccccc32)[nH]c2c1C(=O)CCC2. The summed E-state index contributed by atoms with van der Waals surface area (Å²) in [6.45, 7) is 2.92. The van der Waals surface area contributed by atoms with Crippen LogP contribution in [0.15, 0.2) is 24.3 Å². The van der Waals surface area contributed by atoms with Gasteiger partial charge in [-0.25, -0.2) is 9.78 Å². The molecule has 0 saturated heterocycles. The molecule has 2 heterocycles. The first kappa shape index (κ1) is 19.1. The highest BCUT2D eigenvalue weighted by Crippen LogP contribution is 2.36. The molecule has 0 radical (unpaired) electrons. The highest BCUT2D eigenvalue weighted by molar-refractivity contribution is 7.81. The first-order valence-electron chi connectivity index (χ1n) is 9.82. The van der Waals surface area contributed by atoms with E-state index in [0.29, 0.717) is 24.6 Å². The molecule has 6 heteroatoms. The first-order chi connectivity index (χ1) is 13.7. The second-order valence-corrected chi connectivity index (χ2v) is 7.45. The van der Waals surface area contributed by atoms with Crippen LogP contribution < -0.4 is 5.32 Å². The van der Waals surface area contributed by atoms with Crippen molar-refractivity contribution < 1.29 is 14.6 Å². The Morgan fingerprint density at radius 3 is 2.93 bits per heavy atom. The van der Waals surface area contributed by atoms with E-state index in [9.17, 15) is 4.79 Å². The van der Waals surface area contributed by atoms with Crippen molar-refractivity contribution in [3.8, 4) is 0 Å². The number of Topliss-reactive ketones (excluding diaryl/α,β-unsaturated/α-hetero) is 1. The fourth-order valence-corrected chi connectivity index (χ4v) is 4.23. The summed E-state index contributed by atoms with van der Waals surface area (Å²) in [5.41, 5.74) is 7.08. The van der Waals surface area contributed by atoms with Gasteiger partial charge in [0.15, 0.2) is 5.78 Å². The number of carbonyl (C=O) groups is 1. The van der Waals surface area contributed by atoms with E-state index in [1.807, 2.05) is 25.1 Å². The number of ketones is 1. The van der Waals surface area contributed by atoms with Gasteiger partial charge in [0.25, 0.3) is 0 Å². The van der Waals surface area contributed by atoms with E-state index in [0.717, 1.165) is 65.0 Å². The van der Waals surface area contributed by atoms with Gasteiger partial charge in [-0.15, -0.1) is 0 Å². The van der Waals surface area contributed by atoms with Crippen LogP contribution in [0.5, 0.6) is 0 Å². The lowest BCUT2D eigenvalue weighted by molar-refractivity contribution is -0.291. The maximum atomic E-state index is 12.6. The molecule has 1 aliphatic heterocycles. The van der Waals surface area contributed by atoms with Crippen molar-refractivity contribution in [2.45, 2.75) is 39.0 Å². The molecule has 4 rings (SSSR count). The number of H-pyrrole nitrogens is 1. The van der Waals surface area contributed by atoms with Gasteiger partial charge in [0.2, 0.25) is 0 Å². The van der Waals surface area contributed by atoms with E-state index < -0.39 is 0 Å². The lowest BCUT2D eigenvalue weighted by Crippen LogP contribution is -2.11. The van der Waals surface area contributed by atoms with Gasteiger partial charge in [0, 0.05) is 40.2 Å². The van der Waals surface area contributed by atoms with Crippen molar-refractivity contribution in [1.29, 1.82) is 0 Å². The summed E-state index contributed by atoms with van der Waals surface area (Å²) in [6.07, 6.45) is 6.06. The number of aromatic amines is 1. The van der Waals surface area contributed by atoms with E-state index in [4.69, 9.17) is 22.0 Å². The van der Waals surface area contributed by atoms with Crippen LogP contribution in [0, 0.1) is 0 Å². The van der Waals surface area contributed by atoms with Gasteiger partial charge in [0.05, 0.1) is 13.2 Å². The van der Waals surface area contributed by atoms with Crippen LogP contribution in [0.2, 0.25) is 0 Å². The van der Waals surface area contributed by atoms with E-state index in [1.165, 1.54) is 0 Å². The zero-order chi connectivity index (χ0) is 19.5. The number of aryl methyl sites for hydroxylation is 1. The van der Waals surface area contributed by atoms with E-state index >= 15 is 0 Å². The number of carbonyl (C=O) groups excluding carboxylic acids is 1. The molecule has 1 aliphatic carbocycles. The molecule has 2 N–H and O–H groups in total. The number of aromatic nitrogens is 1. The molecule has 0 fully saturated rings. The number of rotatable bonds is 7. The number of fused-ring (bicyclic) bond motifs is 2. The van der Waals surface area contributed by atoms with Gasteiger partial charge in [-0.3, -0.25) is 4.79 Å². The summed E-state index contributed by atoms with van der Waals surface area (Å²) in [5.74, 6) is 0.232. The monoisotopic (exact) mass is 396 g/mol. The van der Waals surface area contributed by atoms with Crippen molar-refractivity contribution in [2.75, 3.05) is 18.5 Å². The number of anilines is 1. The maximum absolute atomic E-state index is 12.6. The minimum absolute atomic E-state index is 0.232. The van der Waals surface area contributed by atoms with Crippen LogP contribution in [0.4, 0.5) is 5.69 Å². The molecule has 146 valence electrons. The van der Waals surface area contributed by atoms with Gasteiger partial charge >= 0.3 is 0 Å². The Labute approximate surface area is 170 Å². The zero-order valence-corrected chi connectivity index (χ0v) is 16.8. The maximum Gasteiger partial charge on any atom is 0.164 e. The largest absolute Gasteiger partial charge is 0.358 e. The minimum atomic E-state index is 0.232. The number of benzene rings is 1. The molecule has 0 spiro atoms. The summed E-state index contributed by atoms with van der Waals surface area (Å²) in [6, 6.07) is 8.10. The molecule has 2 aromatic rings. The Morgan fingerprint density at radius 1 is 1.21 bits per heavy atom. The lowest BCUT2D eigenvalue weighted by atomic mass is 9.91. The van der Waals surface area contributed by atoms with Crippen molar-refractivity contribution in [2.24, 2.45) is 0 Å². The lowest BCUT2D eigenvalue weighted by Gasteiger charge is -2.11. The Balaban J connectivity index is 1.69. The van der Waals surface area contributed by atoms with E-state index in [-0.39, 0.29) is 5.78 Å². The molecule has 1 aromatic carbocycles. The summed E-state index contributed by atoms with van der Waals surface area (Å²) in [5, 5.41) is 3.27. The average Bonchev–Trinajstić information content (AvgIpc) is 3.20. The standard InChI is InChI=1S/C22H24N2O3S/c1-2-26-27-12-6-8-15-19(23-18-10-5-11-20(25)21(15)18)13-16-14-7-3-4-9-17(14)24-22(16)28/h3-4,7,9,13,23H,2,5-6,8,10-12H2,1H3,(H,24,28). The number of nitrogens with one attached hydrogen (secondary N) is 2. The smallest absolute Gasteiger partial charge is 0.164 e. The molecular formula is C22H24N2O3S. The fraction of sp³-hybridized carbons (Fsp3) is 0.364. The predicted molar refractivity (Wildman–Crippen MR) is 114 cm³/mol. The molecule has 0 saturated carbocycles. The third-order valence-electron chi connectivity index (χ3n) is 5.18. The minimum Gasteiger partial charge on any atom is -0.358 e. The van der Waals surface area contributed by atoms with Gasteiger partial charge in [-0.2, -0.15) is 0 Å². The number of hydrogen-bond donors (Lipinski definition) is 2. The van der Waals surface area contributed by atoms with Crippen molar-refractivity contribution in [3.63, 3.8) is 0 Å². The van der Waals surface area contributed by atoms with Crippen molar-refractivity contribution >= 4 is 40.3 Å². The number of hydrogen-bond acceptors (Lipinski definition) is 4. The van der Waals surface area contributed by atoms with E-state index in [1.54, 1.807) is 0 Å². The van der Waals surface area contributed by atoms with Gasteiger partial charge in [-0.05, 0) is 50.3 Å².